The van der Waals surface area contributed by atoms with Crippen LogP contribution in [0.3, 0.4) is 0 Å². The number of rotatable bonds is 7. The maximum Gasteiger partial charge on any atom is 0.323 e. The number of carboxylic acid groups (broad SMARTS) is 2. The molecule has 0 aliphatic carbocycles. The first-order valence-corrected chi connectivity index (χ1v) is 8.60. The van der Waals surface area contributed by atoms with Gasteiger partial charge in [-0.15, -0.1) is 11.8 Å². The largest absolute Gasteiger partial charge is 0.480 e. The molecule has 0 aromatic heterocycles. The highest BCUT2D eigenvalue weighted by Gasteiger charge is 2.29. The third-order valence-corrected chi connectivity index (χ3v) is 5.90. The number of carbonyl (C=O) groups is 3. The molecule has 0 saturated carbocycles. The Bertz CT molecular complexity index is 486. The second-order valence-corrected chi connectivity index (χ2v) is 7.89. The summed E-state index contributed by atoms with van der Waals surface area (Å²) in [5.74, 6) is -3.25. The Morgan fingerprint density at radius 2 is 1.70 bits per heavy atom. The van der Waals surface area contributed by atoms with Gasteiger partial charge in [-0.1, -0.05) is 0 Å². The molecule has 1 unspecified atom stereocenters. The highest BCUT2D eigenvalue weighted by atomic mass is 32.2. The second kappa shape index (κ2) is 6.93. The van der Waals surface area contributed by atoms with Crippen molar-refractivity contribution in [3.8, 4) is 0 Å². The van der Waals surface area contributed by atoms with E-state index in [4.69, 9.17) is 10.2 Å². The zero-order valence-electron chi connectivity index (χ0n) is 10.5. The minimum atomic E-state index is -3.04. The van der Waals surface area contributed by atoms with Crippen LogP contribution < -0.4 is 0 Å². The van der Waals surface area contributed by atoms with Gasteiger partial charge >= 0.3 is 11.9 Å². The van der Waals surface area contributed by atoms with Gasteiger partial charge in [0.15, 0.2) is 9.84 Å². The molecule has 0 radical (unpaired) electrons. The van der Waals surface area contributed by atoms with Crippen LogP contribution in [0.25, 0.3) is 0 Å². The van der Waals surface area contributed by atoms with Crippen molar-refractivity contribution < 1.29 is 33.0 Å². The Morgan fingerprint density at radius 3 is 2.10 bits per heavy atom. The number of hydrogen-bond acceptors (Lipinski definition) is 6. The zero-order valence-corrected chi connectivity index (χ0v) is 12.2. The first-order valence-electron chi connectivity index (χ1n) is 5.73. The van der Waals surface area contributed by atoms with Gasteiger partial charge in [0.1, 0.15) is 13.1 Å². The van der Waals surface area contributed by atoms with Crippen molar-refractivity contribution in [2.75, 3.05) is 30.3 Å². The third-order valence-electron chi connectivity index (χ3n) is 2.64. The molecule has 10 heteroatoms. The van der Waals surface area contributed by atoms with Gasteiger partial charge in [-0.3, -0.25) is 14.4 Å². The quantitative estimate of drug-likeness (QED) is 0.604. The maximum absolute atomic E-state index is 11.8. The molecule has 0 bridgehead atoms. The molecule has 1 aliphatic rings. The smallest absolute Gasteiger partial charge is 0.323 e. The SMILES string of the molecule is O=C(O)CN(CC(=O)O)C(=O)CSC1CCS(=O)(=O)C1. The first-order chi connectivity index (χ1) is 9.19. The van der Waals surface area contributed by atoms with Crippen LogP contribution in [-0.4, -0.2) is 77.0 Å². The summed E-state index contributed by atoms with van der Waals surface area (Å²) < 4.78 is 22.5. The fraction of sp³-hybridized carbons (Fsp3) is 0.700. The summed E-state index contributed by atoms with van der Waals surface area (Å²) in [6.45, 7) is -1.37. The molecule has 20 heavy (non-hydrogen) atoms. The van der Waals surface area contributed by atoms with Crippen LogP contribution in [0.15, 0.2) is 0 Å². The molecule has 8 nitrogen and oxygen atoms in total. The average molecular weight is 325 g/mol. The Morgan fingerprint density at radius 1 is 1.15 bits per heavy atom. The molecule has 1 saturated heterocycles. The van der Waals surface area contributed by atoms with Gasteiger partial charge in [0.2, 0.25) is 5.91 Å². The Balaban J connectivity index is 2.49. The van der Waals surface area contributed by atoms with E-state index in [-0.39, 0.29) is 22.5 Å². The van der Waals surface area contributed by atoms with Crippen LogP contribution in [0, 0.1) is 0 Å². The zero-order chi connectivity index (χ0) is 15.3. The number of aliphatic carboxylic acids is 2. The number of thioether (sulfide) groups is 1. The van der Waals surface area contributed by atoms with Crippen molar-refractivity contribution in [1.82, 2.24) is 4.90 Å². The molecule has 114 valence electrons. The second-order valence-electron chi connectivity index (χ2n) is 4.37. The van der Waals surface area contributed by atoms with E-state index in [2.05, 4.69) is 0 Å². The lowest BCUT2D eigenvalue weighted by Crippen LogP contribution is -2.40. The molecule has 1 fully saturated rings. The van der Waals surface area contributed by atoms with Gasteiger partial charge in [0.25, 0.3) is 0 Å². The van der Waals surface area contributed by atoms with E-state index >= 15 is 0 Å². The molecule has 2 N–H and O–H groups in total. The Labute approximate surface area is 120 Å². The van der Waals surface area contributed by atoms with Crippen molar-refractivity contribution in [3.05, 3.63) is 0 Å². The van der Waals surface area contributed by atoms with Gasteiger partial charge in [-0.2, -0.15) is 0 Å². The van der Waals surface area contributed by atoms with E-state index in [0.29, 0.717) is 6.42 Å². The average Bonchev–Trinajstić information content (AvgIpc) is 2.64. The van der Waals surface area contributed by atoms with Gasteiger partial charge < -0.3 is 15.1 Å². The van der Waals surface area contributed by atoms with Crippen LogP contribution in [-0.2, 0) is 24.2 Å². The van der Waals surface area contributed by atoms with Crippen LogP contribution in [0.5, 0.6) is 0 Å². The molecule has 0 aromatic carbocycles. The molecule has 1 aliphatic heterocycles. The normalized spacial score (nSPS) is 20.5. The lowest BCUT2D eigenvalue weighted by molar-refractivity contribution is -0.148. The minimum absolute atomic E-state index is 0.00279. The number of sulfone groups is 1. The fourth-order valence-electron chi connectivity index (χ4n) is 1.73. The van der Waals surface area contributed by atoms with E-state index < -0.39 is 40.8 Å². The third kappa shape index (κ3) is 5.78. The van der Waals surface area contributed by atoms with E-state index in [1.165, 1.54) is 0 Å². The molecule has 0 aromatic rings. The van der Waals surface area contributed by atoms with Crippen LogP contribution in [0.2, 0.25) is 0 Å². The van der Waals surface area contributed by atoms with Crippen LogP contribution in [0.1, 0.15) is 6.42 Å². The molecular formula is C10H15NO7S2. The highest BCUT2D eigenvalue weighted by Crippen LogP contribution is 2.24. The van der Waals surface area contributed by atoms with Gasteiger partial charge in [-0.25, -0.2) is 8.42 Å². The number of carbonyl (C=O) groups excluding carboxylic acids is 1. The predicted octanol–water partition coefficient (Wildman–Crippen LogP) is -1.10. The van der Waals surface area contributed by atoms with Gasteiger partial charge in [0.05, 0.1) is 17.3 Å². The summed E-state index contributed by atoms with van der Waals surface area (Å²) in [7, 11) is -3.04. The molecule has 1 amide bonds. The van der Waals surface area contributed by atoms with Crippen LogP contribution in [0.4, 0.5) is 0 Å². The maximum atomic E-state index is 11.8. The summed E-state index contributed by atoms with van der Waals surface area (Å²) in [6.07, 6.45) is 0.456. The van der Waals surface area contributed by atoms with Crippen molar-refractivity contribution in [3.63, 3.8) is 0 Å². The Kier molecular flexibility index (Phi) is 5.81. The monoisotopic (exact) mass is 325 g/mol. The summed E-state index contributed by atoms with van der Waals surface area (Å²) in [6, 6.07) is 0. The first kappa shape index (κ1) is 16.8. The number of carboxylic acids is 2. The summed E-state index contributed by atoms with van der Waals surface area (Å²) in [5, 5.41) is 17.0. The topological polar surface area (TPSA) is 129 Å². The number of nitrogens with zero attached hydrogens (tertiary/aromatic N) is 1. The van der Waals surface area contributed by atoms with Crippen molar-refractivity contribution >= 4 is 39.4 Å². The molecule has 1 heterocycles. The van der Waals surface area contributed by atoms with E-state index in [1.807, 2.05) is 0 Å². The number of hydrogen-bond donors (Lipinski definition) is 2. The van der Waals surface area contributed by atoms with E-state index in [9.17, 15) is 22.8 Å². The van der Waals surface area contributed by atoms with Crippen molar-refractivity contribution in [2.45, 2.75) is 11.7 Å². The summed E-state index contributed by atoms with van der Waals surface area (Å²) in [5.41, 5.74) is 0. The predicted molar refractivity (Wildman–Crippen MR) is 71.4 cm³/mol. The highest BCUT2D eigenvalue weighted by molar-refractivity contribution is 8.02. The van der Waals surface area contributed by atoms with Crippen LogP contribution >= 0.6 is 11.8 Å². The Hall–Kier alpha value is -1.29. The molecule has 1 atom stereocenters. The fourth-order valence-corrected chi connectivity index (χ4v) is 5.28. The summed E-state index contributed by atoms with van der Waals surface area (Å²) >= 11 is 1.12. The molecule has 0 spiro atoms. The van der Waals surface area contributed by atoms with Crippen molar-refractivity contribution in [2.24, 2.45) is 0 Å². The van der Waals surface area contributed by atoms with E-state index in [0.717, 1.165) is 16.7 Å². The van der Waals surface area contributed by atoms with Gasteiger partial charge in [0, 0.05) is 5.25 Å². The molecule has 1 rings (SSSR count). The summed E-state index contributed by atoms with van der Waals surface area (Å²) in [4.78, 5) is 33.6. The minimum Gasteiger partial charge on any atom is -0.480 e. The standard InChI is InChI=1S/C10H15NO7S2/c12-8(11(3-9(13)14)4-10(15)16)5-19-7-1-2-20(17,18)6-7/h7H,1-6H2,(H,13,14)(H,15,16). The van der Waals surface area contributed by atoms with Gasteiger partial charge in [-0.05, 0) is 6.42 Å². The number of amides is 1. The van der Waals surface area contributed by atoms with Crippen molar-refractivity contribution in [1.29, 1.82) is 0 Å². The molecular weight excluding hydrogens is 310 g/mol. The van der Waals surface area contributed by atoms with E-state index in [1.54, 1.807) is 0 Å². The lowest BCUT2D eigenvalue weighted by atomic mass is 10.4. The lowest BCUT2D eigenvalue weighted by Gasteiger charge is -2.19.